The summed E-state index contributed by atoms with van der Waals surface area (Å²) in [7, 11) is 0. The highest BCUT2D eigenvalue weighted by molar-refractivity contribution is 4.91. The van der Waals surface area contributed by atoms with Gasteiger partial charge in [0.05, 0.1) is 38.6 Å². The molecule has 2 heterocycles. The van der Waals surface area contributed by atoms with Gasteiger partial charge in [-0.3, -0.25) is 0 Å². The van der Waals surface area contributed by atoms with Gasteiger partial charge >= 0.3 is 0 Å². The van der Waals surface area contributed by atoms with Crippen molar-refractivity contribution in [3.63, 3.8) is 0 Å². The first kappa shape index (κ1) is 18.2. The normalized spacial score (nSPS) is 41.5. The van der Waals surface area contributed by atoms with Gasteiger partial charge in [0.25, 0.3) is 0 Å². The van der Waals surface area contributed by atoms with E-state index in [9.17, 15) is 0 Å². The Bertz CT molecular complexity index is 376. The van der Waals surface area contributed by atoms with Crippen LogP contribution < -0.4 is 0 Å². The van der Waals surface area contributed by atoms with E-state index in [1.54, 1.807) is 0 Å². The van der Waals surface area contributed by atoms with E-state index in [4.69, 9.17) is 18.9 Å². The Morgan fingerprint density at radius 1 is 0.680 bits per heavy atom. The van der Waals surface area contributed by atoms with Crippen molar-refractivity contribution in [2.24, 2.45) is 17.3 Å². The molecule has 0 bridgehead atoms. The molecule has 25 heavy (non-hydrogen) atoms. The first-order valence-electron chi connectivity index (χ1n) is 10.6. The van der Waals surface area contributed by atoms with E-state index in [1.807, 2.05) is 0 Å². The van der Waals surface area contributed by atoms with Gasteiger partial charge in [0, 0.05) is 0 Å². The molecule has 0 aromatic carbocycles. The van der Waals surface area contributed by atoms with Crippen LogP contribution in [0.3, 0.4) is 0 Å². The van der Waals surface area contributed by atoms with Crippen LogP contribution in [0.15, 0.2) is 0 Å². The molecule has 2 aliphatic carbocycles. The third kappa shape index (κ3) is 4.97. The number of ether oxygens (including phenoxy) is 4. The molecule has 4 fully saturated rings. The molecule has 0 unspecified atom stereocenters. The molecule has 0 N–H and O–H groups in total. The van der Waals surface area contributed by atoms with Crippen LogP contribution in [-0.2, 0) is 18.9 Å². The van der Waals surface area contributed by atoms with E-state index in [1.165, 1.54) is 51.4 Å². The van der Waals surface area contributed by atoms with Gasteiger partial charge in [0.1, 0.15) is 12.2 Å². The minimum absolute atomic E-state index is 0.401. The van der Waals surface area contributed by atoms with Crippen LogP contribution in [0, 0.1) is 17.3 Å². The van der Waals surface area contributed by atoms with E-state index < -0.39 is 0 Å². The summed E-state index contributed by atoms with van der Waals surface area (Å²) in [5, 5.41) is 0. The Morgan fingerprint density at radius 2 is 1.04 bits per heavy atom. The zero-order valence-corrected chi connectivity index (χ0v) is 16.1. The molecule has 2 atom stereocenters. The van der Waals surface area contributed by atoms with Gasteiger partial charge in [-0.05, 0) is 68.6 Å². The Morgan fingerprint density at radius 3 is 1.36 bits per heavy atom. The molecule has 4 rings (SSSR count). The lowest BCUT2D eigenvalue weighted by molar-refractivity contribution is -0.0387. The summed E-state index contributed by atoms with van der Waals surface area (Å²) in [5.41, 5.74) is 0.454. The maximum atomic E-state index is 6.03. The van der Waals surface area contributed by atoms with E-state index in [0.717, 1.165) is 38.3 Å². The molecule has 2 aliphatic heterocycles. The van der Waals surface area contributed by atoms with E-state index >= 15 is 0 Å². The van der Waals surface area contributed by atoms with Gasteiger partial charge < -0.3 is 18.9 Å². The standard InChI is InChI=1S/C21H36O4/c1-21(2,15-3-7-17(8-4-15)22-11-19-13-24-19)16-5-9-18(10-6-16)23-12-20-14-25-20/h15-20H,3-14H2,1-2H3/t15?,16?,17?,18?,19-,20+. The van der Waals surface area contributed by atoms with Crippen molar-refractivity contribution in [1.29, 1.82) is 0 Å². The average Bonchev–Trinajstić information content (AvgIpc) is 3.54. The van der Waals surface area contributed by atoms with Crippen LogP contribution in [0.4, 0.5) is 0 Å². The van der Waals surface area contributed by atoms with Crippen LogP contribution in [0.2, 0.25) is 0 Å². The lowest BCUT2D eigenvalue weighted by atomic mass is 9.60. The number of rotatable bonds is 8. The quantitative estimate of drug-likeness (QED) is 0.620. The van der Waals surface area contributed by atoms with Crippen molar-refractivity contribution in [1.82, 2.24) is 0 Å². The van der Waals surface area contributed by atoms with Gasteiger partial charge in [0.2, 0.25) is 0 Å². The van der Waals surface area contributed by atoms with E-state index in [2.05, 4.69) is 13.8 Å². The lowest BCUT2D eigenvalue weighted by Gasteiger charge is -2.46. The zero-order chi connectivity index (χ0) is 17.3. The maximum Gasteiger partial charge on any atom is 0.104 e. The molecule has 0 aromatic rings. The van der Waals surface area contributed by atoms with Crippen molar-refractivity contribution < 1.29 is 18.9 Å². The maximum absolute atomic E-state index is 6.03. The van der Waals surface area contributed by atoms with Crippen molar-refractivity contribution >= 4 is 0 Å². The number of epoxide rings is 2. The minimum atomic E-state index is 0.401. The topological polar surface area (TPSA) is 43.5 Å². The van der Waals surface area contributed by atoms with Crippen LogP contribution in [0.25, 0.3) is 0 Å². The second kappa shape index (κ2) is 7.84. The summed E-state index contributed by atoms with van der Waals surface area (Å²) in [6.45, 7) is 8.50. The van der Waals surface area contributed by atoms with Gasteiger partial charge in [0.15, 0.2) is 0 Å². The van der Waals surface area contributed by atoms with E-state index in [-0.39, 0.29) is 0 Å². The van der Waals surface area contributed by atoms with Crippen LogP contribution in [0.1, 0.15) is 65.2 Å². The highest BCUT2D eigenvalue weighted by Crippen LogP contribution is 2.48. The fraction of sp³-hybridized carbons (Fsp3) is 1.00. The Kier molecular flexibility index (Phi) is 5.71. The summed E-state index contributed by atoms with van der Waals surface area (Å²) in [4.78, 5) is 0. The fourth-order valence-corrected chi connectivity index (χ4v) is 5.10. The van der Waals surface area contributed by atoms with Crippen molar-refractivity contribution in [2.75, 3.05) is 26.4 Å². The molecule has 4 aliphatic rings. The third-order valence-electron chi connectivity index (χ3n) is 7.29. The molecule has 2 saturated heterocycles. The number of hydrogen-bond donors (Lipinski definition) is 0. The largest absolute Gasteiger partial charge is 0.375 e. The Balaban J connectivity index is 1.18. The lowest BCUT2D eigenvalue weighted by Crippen LogP contribution is -2.39. The molecule has 0 aromatic heterocycles. The fourth-order valence-electron chi connectivity index (χ4n) is 5.10. The SMILES string of the molecule is CC(C)(C1CCC(OC[C@@H]2CO2)CC1)C1CCC(OC[C@H]2CO2)CC1. The van der Waals surface area contributed by atoms with Crippen LogP contribution in [0.5, 0.6) is 0 Å². The third-order valence-corrected chi connectivity index (χ3v) is 7.29. The van der Waals surface area contributed by atoms with Crippen molar-refractivity contribution in [3.8, 4) is 0 Å². The van der Waals surface area contributed by atoms with E-state index in [0.29, 0.717) is 29.8 Å². The average molecular weight is 353 g/mol. The molecule has 144 valence electrons. The second-order valence-corrected chi connectivity index (χ2v) is 9.35. The minimum Gasteiger partial charge on any atom is -0.375 e. The van der Waals surface area contributed by atoms with Crippen LogP contribution in [-0.4, -0.2) is 50.8 Å². The highest BCUT2D eigenvalue weighted by Gasteiger charge is 2.41. The van der Waals surface area contributed by atoms with Gasteiger partial charge in [-0.2, -0.15) is 0 Å². The molecular formula is C21H36O4. The van der Waals surface area contributed by atoms with Gasteiger partial charge in [-0.1, -0.05) is 13.8 Å². The highest BCUT2D eigenvalue weighted by atomic mass is 16.6. The molecule has 0 spiro atoms. The molecule has 0 amide bonds. The first-order chi connectivity index (χ1) is 12.1. The zero-order valence-electron chi connectivity index (χ0n) is 16.1. The van der Waals surface area contributed by atoms with Crippen molar-refractivity contribution in [3.05, 3.63) is 0 Å². The number of hydrogen-bond acceptors (Lipinski definition) is 4. The predicted molar refractivity (Wildman–Crippen MR) is 96.7 cm³/mol. The second-order valence-electron chi connectivity index (χ2n) is 9.35. The summed E-state index contributed by atoms with van der Waals surface area (Å²) in [6, 6.07) is 0. The van der Waals surface area contributed by atoms with Gasteiger partial charge in [-0.25, -0.2) is 0 Å². The van der Waals surface area contributed by atoms with Crippen LogP contribution >= 0.6 is 0 Å². The molecule has 4 nitrogen and oxygen atoms in total. The molecule has 4 heteroatoms. The molecular weight excluding hydrogens is 316 g/mol. The Labute approximate surface area is 152 Å². The first-order valence-corrected chi connectivity index (χ1v) is 10.6. The van der Waals surface area contributed by atoms with Gasteiger partial charge in [-0.15, -0.1) is 0 Å². The summed E-state index contributed by atoms with van der Waals surface area (Å²) in [5.74, 6) is 1.71. The summed E-state index contributed by atoms with van der Waals surface area (Å²) >= 11 is 0. The van der Waals surface area contributed by atoms with Crippen molar-refractivity contribution in [2.45, 2.75) is 89.6 Å². The monoisotopic (exact) mass is 352 g/mol. The summed E-state index contributed by atoms with van der Waals surface area (Å²) < 4.78 is 22.6. The predicted octanol–water partition coefficient (Wildman–Crippen LogP) is 3.96. The smallest absolute Gasteiger partial charge is 0.104 e. The molecule has 0 radical (unpaired) electrons. The molecule has 2 saturated carbocycles. The Hall–Kier alpha value is -0.160. The summed E-state index contributed by atoms with van der Waals surface area (Å²) in [6.07, 6.45) is 12.0.